The van der Waals surface area contributed by atoms with E-state index in [0.717, 1.165) is 30.7 Å². The van der Waals surface area contributed by atoms with Crippen molar-refractivity contribution in [1.29, 1.82) is 0 Å². The number of carbonyl (C=O) groups excluding carboxylic acids is 2. The Balaban J connectivity index is 1.76. The second-order valence-electron chi connectivity index (χ2n) is 5.68. The van der Waals surface area contributed by atoms with Gasteiger partial charge < -0.3 is 10.2 Å². The summed E-state index contributed by atoms with van der Waals surface area (Å²) >= 11 is 0. The summed E-state index contributed by atoms with van der Waals surface area (Å²) in [7, 11) is 1.88. The zero-order chi connectivity index (χ0) is 14.3. The van der Waals surface area contributed by atoms with Crippen LogP contribution >= 0.6 is 0 Å². The largest absolute Gasteiger partial charge is 0.342 e. The summed E-state index contributed by atoms with van der Waals surface area (Å²) in [5.41, 5.74) is 1.98. The first-order chi connectivity index (χ1) is 9.58. The van der Waals surface area contributed by atoms with Crippen molar-refractivity contribution >= 4 is 11.8 Å². The molecule has 1 aromatic rings. The zero-order valence-corrected chi connectivity index (χ0v) is 11.9. The third-order valence-electron chi connectivity index (χ3n) is 4.06. The molecule has 1 unspecified atom stereocenters. The summed E-state index contributed by atoms with van der Waals surface area (Å²) < 4.78 is 1.80. The Hall–Kier alpha value is -1.85. The van der Waals surface area contributed by atoms with Gasteiger partial charge in [-0.25, -0.2) is 0 Å². The molecule has 2 fully saturated rings. The SMILES string of the molecule is CCc1cc(CN2CC(=O)NC(C3CC3)C2=O)n(C)n1. The van der Waals surface area contributed by atoms with Gasteiger partial charge in [-0.15, -0.1) is 0 Å². The summed E-state index contributed by atoms with van der Waals surface area (Å²) in [5.74, 6) is 0.331. The topological polar surface area (TPSA) is 67.2 Å². The van der Waals surface area contributed by atoms with Crippen molar-refractivity contribution in [2.24, 2.45) is 13.0 Å². The summed E-state index contributed by atoms with van der Waals surface area (Å²) in [4.78, 5) is 25.8. The van der Waals surface area contributed by atoms with Gasteiger partial charge in [0.2, 0.25) is 11.8 Å². The fourth-order valence-electron chi connectivity index (χ4n) is 2.70. The van der Waals surface area contributed by atoms with Crippen LogP contribution in [0.1, 0.15) is 31.2 Å². The van der Waals surface area contributed by atoms with Gasteiger partial charge in [0.05, 0.1) is 17.9 Å². The highest BCUT2D eigenvalue weighted by Crippen LogP contribution is 2.34. The van der Waals surface area contributed by atoms with E-state index in [2.05, 4.69) is 17.3 Å². The highest BCUT2D eigenvalue weighted by molar-refractivity contribution is 5.95. The Morgan fingerprint density at radius 1 is 1.40 bits per heavy atom. The molecular weight excluding hydrogens is 256 g/mol. The second kappa shape index (κ2) is 4.92. The molecule has 1 atom stereocenters. The lowest BCUT2D eigenvalue weighted by atomic mass is 10.1. The van der Waals surface area contributed by atoms with Crippen molar-refractivity contribution in [3.63, 3.8) is 0 Å². The van der Waals surface area contributed by atoms with Crippen molar-refractivity contribution in [3.8, 4) is 0 Å². The molecule has 6 heteroatoms. The Bertz CT molecular complexity index is 547. The Labute approximate surface area is 118 Å². The maximum Gasteiger partial charge on any atom is 0.246 e. The standard InChI is InChI=1S/C14H20N4O2/c1-3-10-6-11(17(2)16-10)7-18-8-12(19)15-13(14(18)20)9-4-5-9/h6,9,13H,3-5,7-8H2,1-2H3,(H,15,19). The number of amides is 2. The van der Waals surface area contributed by atoms with Crippen LogP contribution in [-0.4, -0.2) is 39.1 Å². The maximum absolute atomic E-state index is 12.4. The predicted molar refractivity (Wildman–Crippen MR) is 72.7 cm³/mol. The van der Waals surface area contributed by atoms with Crippen LogP contribution in [0.4, 0.5) is 0 Å². The Morgan fingerprint density at radius 3 is 2.75 bits per heavy atom. The first kappa shape index (κ1) is 13.1. The van der Waals surface area contributed by atoms with Gasteiger partial charge in [-0.05, 0) is 31.2 Å². The minimum absolute atomic E-state index is 0.0475. The van der Waals surface area contributed by atoms with Gasteiger partial charge in [0.15, 0.2) is 0 Å². The van der Waals surface area contributed by atoms with E-state index in [1.807, 2.05) is 13.1 Å². The average molecular weight is 276 g/mol. The molecule has 6 nitrogen and oxygen atoms in total. The first-order valence-corrected chi connectivity index (χ1v) is 7.18. The number of hydrogen-bond acceptors (Lipinski definition) is 3. The molecule has 1 aromatic heterocycles. The summed E-state index contributed by atoms with van der Waals surface area (Å²) in [6.45, 7) is 2.66. The molecule has 1 aliphatic carbocycles. The van der Waals surface area contributed by atoms with Crippen molar-refractivity contribution in [2.75, 3.05) is 6.54 Å². The lowest BCUT2D eigenvalue weighted by molar-refractivity contribution is -0.145. The van der Waals surface area contributed by atoms with Gasteiger partial charge >= 0.3 is 0 Å². The number of aryl methyl sites for hydroxylation is 2. The van der Waals surface area contributed by atoms with Crippen LogP contribution in [0.2, 0.25) is 0 Å². The van der Waals surface area contributed by atoms with E-state index in [9.17, 15) is 9.59 Å². The fraction of sp³-hybridized carbons (Fsp3) is 0.643. The van der Waals surface area contributed by atoms with Crippen LogP contribution in [0, 0.1) is 5.92 Å². The van der Waals surface area contributed by atoms with Crippen molar-refractivity contribution in [1.82, 2.24) is 20.0 Å². The molecule has 3 rings (SSSR count). The number of nitrogens with one attached hydrogen (secondary N) is 1. The second-order valence-corrected chi connectivity index (χ2v) is 5.68. The quantitative estimate of drug-likeness (QED) is 0.855. The van der Waals surface area contributed by atoms with Crippen molar-refractivity contribution in [3.05, 3.63) is 17.5 Å². The maximum atomic E-state index is 12.4. The lowest BCUT2D eigenvalue weighted by Crippen LogP contribution is -2.58. The van der Waals surface area contributed by atoms with Crippen LogP contribution in [0.5, 0.6) is 0 Å². The molecule has 0 radical (unpaired) electrons. The van der Waals surface area contributed by atoms with Gasteiger partial charge in [0.1, 0.15) is 12.6 Å². The molecule has 0 spiro atoms. The molecule has 2 heterocycles. The van der Waals surface area contributed by atoms with Gasteiger partial charge in [0.25, 0.3) is 0 Å². The van der Waals surface area contributed by atoms with Crippen LogP contribution in [0.25, 0.3) is 0 Å². The monoisotopic (exact) mass is 276 g/mol. The minimum Gasteiger partial charge on any atom is -0.342 e. The van der Waals surface area contributed by atoms with E-state index in [-0.39, 0.29) is 24.4 Å². The molecular formula is C14H20N4O2. The van der Waals surface area contributed by atoms with Gasteiger partial charge in [0, 0.05) is 7.05 Å². The number of hydrogen-bond donors (Lipinski definition) is 1. The van der Waals surface area contributed by atoms with E-state index in [4.69, 9.17) is 0 Å². The molecule has 1 N–H and O–H groups in total. The minimum atomic E-state index is -0.310. The number of nitrogens with zero attached hydrogens (tertiary/aromatic N) is 3. The number of rotatable bonds is 4. The van der Waals surface area contributed by atoms with E-state index >= 15 is 0 Å². The third kappa shape index (κ3) is 2.42. The van der Waals surface area contributed by atoms with Crippen molar-refractivity contribution in [2.45, 2.75) is 38.8 Å². The van der Waals surface area contributed by atoms with Crippen molar-refractivity contribution < 1.29 is 9.59 Å². The highest BCUT2D eigenvalue weighted by atomic mass is 16.2. The molecule has 0 bridgehead atoms. The number of piperazine rings is 1. The van der Waals surface area contributed by atoms with E-state index < -0.39 is 0 Å². The lowest BCUT2D eigenvalue weighted by Gasteiger charge is -2.32. The smallest absolute Gasteiger partial charge is 0.246 e. The Kier molecular flexibility index (Phi) is 3.23. The van der Waals surface area contributed by atoms with E-state index in [1.165, 1.54) is 0 Å². The van der Waals surface area contributed by atoms with Crippen LogP contribution in [-0.2, 0) is 29.6 Å². The van der Waals surface area contributed by atoms with E-state index in [1.54, 1.807) is 9.58 Å². The first-order valence-electron chi connectivity index (χ1n) is 7.18. The van der Waals surface area contributed by atoms with Gasteiger partial charge in [-0.3, -0.25) is 14.3 Å². The molecule has 0 aromatic carbocycles. The normalized spacial score (nSPS) is 23.1. The third-order valence-corrected chi connectivity index (χ3v) is 4.06. The summed E-state index contributed by atoms with van der Waals surface area (Å²) in [5, 5.41) is 7.21. The molecule has 2 amide bonds. The molecule has 1 saturated carbocycles. The van der Waals surface area contributed by atoms with E-state index in [0.29, 0.717) is 12.5 Å². The molecule has 1 saturated heterocycles. The van der Waals surface area contributed by atoms with Crippen LogP contribution < -0.4 is 5.32 Å². The predicted octanol–water partition coefficient (Wildman–Crippen LogP) is 0.219. The molecule has 108 valence electrons. The number of aromatic nitrogens is 2. The fourth-order valence-corrected chi connectivity index (χ4v) is 2.70. The molecule has 1 aliphatic heterocycles. The van der Waals surface area contributed by atoms with Crippen LogP contribution in [0.3, 0.4) is 0 Å². The molecule has 2 aliphatic rings. The Morgan fingerprint density at radius 2 is 2.15 bits per heavy atom. The van der Waals surface area contributed by atoms with Gasteiger partial charge in [-0.2, -0.15) is 5.10 Å². The molecule has 20 heavy (non-hydrogen) atoms. The van der Waals surface area contributed by atoms with Gasteiger partial charge in [-0.1, -0.05) is 6.92 Å². The highest BCUT2D eigenvalue weighted by Gasteiger charge is 2.42. The van der Waals surface area contributed by atoms with Crippen LogP contribution in [0.15, 0.2) is 6.07 Å². The number of carbonyl (C=O) groups is 2. The summed E-state index contributed by atoms with van der Waals surface area (Å²) in [6.07, 6.45) is 2.94. The summed E-state index contributed by atoms with van der Waals surface area (Å²) in [6, 6.07) is 1.70. The average Bonchev–Trinajstić information content (AvgIpc) is 3.19. The zero-order valence-electron chi connectivity index (χ0n) is 11.9.